The summed E-state index contributed by atoms with van der Waals surface area (Å²) < 4.78 is 0. The van der Waals surface area contributed by atoms with Crippen LogP contribution >= 0.6 is 37.2 Å². The molecule has 164 valence electrons. The molecule has 0 radical (unpaired) electrons. The van der Waals surface area contributed by atoms with Crippen molar-refractivity contribution in [2.75, 3.05) is 78.5 Å². The fourth-order valence-electron chi connectivity index (χ4n) is 3.04. The topological polar surface area (TPSA) is 13.0 Å². The van der Waals surface area contributed by atoms with E-state index in [2.05, 4.69) is 61.1 Å². The number of halogens is 3. The lowest BCUT2D eigenvalue weighted by atomic mass is 10.3. The highest BCUT2D eigenvalue weighted by atomic mass is 35.5. The van der Waals surface area contributed by atoms with E-state index in [1.165, 1.54) is 85.0 Å². The quantitative estimate of drug-likeness (QED) is 0.362. The van der Waals surface area contributed by atoms with Gasteiger partial charge in [0.15, 0.2) is 0 Å². The molecule has 0 rings (SSSR count). The smallest absolute Gasteiger partial charge is 0.0110 e. The first-order valence-corrected chi connectivity index (χ1v) is 10.0. The monoisotopic (exact) mass is 436 g/mol. The first kappa shape index (κ1) is 34.2. The van der Waals surface area contributed by atoms with Gasteiger partial charge in [-0.2, -0.15) is 0 Å². The minimum absolute atomic E-state index is 0. The average Bonchev–Trinajstić information content (AvgIpc) is 2.59. The van der Waals surface area contributed by atoms with Gasteiger partial charge in [0.2, 0.25) is 0 Å². The van der Waals surface area contributed by atoms with E-state index in [0.29, 0.717) is 0 Å². The fraction of sp³-hybridized carbons (Fsp3) is 1.00. The predicted molar refractivity (Wildman–Crippen MR) is 126 cm³/mol. The summed E-state index contributed by atoms with van der Waals surface area (Å²) in [4.78, 5) is 10.3. The van der Waals surface area contributed by atoms with Crippen molar-refractivity contribution in [2.45, 2.75) is 48.0 Å². The zero-order valence-corrected chi connectivity index (χ0v) is 20.7. The minimum Gasteiger partial charge on any atom is -0.304 e. The van der Waals surface area contributed by atoms with Crippen molar-refractivity contribution in [3.63, 3.8) is 0 Å². The summed E-state index contributed by atoms with van der Waals surface area (Å²) in [7, 11) is 0. The van der Waals surface area contributed by atoms with Gasteiger partial charge in [-0.15, -0.1) is 37.2 Å². The largest absolute Gasteiger partial charge is 0.304 e. The number of hydrogen-bond donors (Lipinski definition) is 0. The molecule has 0 fully saturated rings. The third-order valence-corrected chi connectivity index (χ3v) is 5.10. The highest BCUT2D eigenvalue weighted by molar-refractivity contribution is 5.86. The third-order valence-electron chi connectivity index (χ3n) is 5.10. The van der Waals surface area contributed by atoms with Crippen LogP contribution in [0.15, 0.2) is 0 Å². The van der Waals surface area contributed by atoms with Crippen LogP contribution in [0.2, 0.25) is 0 Å². The molecule has 0 saturated heterocycles. The Bertz CT molecular complexity index is 233. The van der Waals surface area contributed by atoms with E-state index in [4.69, 9.17) is 0 Å². The summed E-state index contributed by atoms with van der Waals surface area (Å²) in [5.41, 5.74) is 0. The molecule has 0 bridgehead atoms. The molecule has 0 heterocycles. The molecule has 7 heteroatoms. The predicted octanol–water partition coefficient (Wildman–Crippen LogP) is 3.97. The van der Waals surface area contributed by atoms with Gasteiger partial charge in [0.1, 0.15) is 0 Å². The molecule has 0 atom stereocenters. The summed E-state index contributed by atoms with van der Waals surface area (Å²) >= 11 is 0. The third kappa shape index (κ3) is 16.9. The van der Waals surface area contributed by atoms with E-state index in [9.17, 15) is 0 Å². The highest BCUT2D eigenvalue weighted by Crippen LogP contribution is 1.99. The molecule has 0 amide bonds. The lowest BCUT2D eigenvalue weighted by Gasteiger charge is -2.29. The maximum Gasteiger partial charge on any atom is 0.0110 e. The van der Waals surface area contributed by atoms with Gasteiger partial charge in [-0.25, -0.2) is 0 Å². The van der Waals surface area contributed by atoms with Crippen LogP contribution in [0.1, 0.15) is 48.0 Å². The normalized spacial score (nSPS) is 10.8. The van der Waals surface area contributed by atoms with Gasteiger partial charge in [-0.1, -0.05) is 41.5 Å². The van der Waals surface area contributed by atoms with Crippen LogP contribution in [0.4, 0.5) is 0 Å². The van der Waals surface area contributed by atoms with E-state index in [0.717, 1.165) is 0 Å². The second-order valence-corrected chi connectivity index (χ2v) is 6.28. The van der Waals surface area contributed by atoms with E-state index in [-0.39, 0.29) is 37.2 Å². The molecule has 0 aliphatic rings. The number of nitrogens with zero attached hydrogens (tertiary/aromatic N) is 4. The Balaban J connectivity index is -0.000000807. The molecular weight excluding hydrogens is 391 g/mol. The van der Waals surface area contributed by atoms with Crippen molar-refractivity contribution >= 4 is 37.2 Å². The summed E-state index contributed by atoms with van der Waals surface area (Å²) in [5.74, 6) is 0. The number of likely N-dealkylation sites (N-methyl/N-ethyl adjacent to an activating group) is 2. The summed E-state index contributed by atoms with van der Waals surface area (Å²) in [6.45, 7) is 27.9. The van der Waals surface area contributed by atoms with E-state index in [1.807, 2.05) is 0 Å². The first-order valence-electron chi connectivity index (χ1n) is 10.0. The van der Waals surface area contributed by atoms with Crippen LogP contribution in [0.3, 0.4) is 0 Å². The minimum atomic E-state index is 0. The number of hydrogen-bond acceptors (Lipinski definition) is 4. The van der Waals surface area contributed by atoms with Crippen molar-refractivity contribution in [3.8, 4) is 0 Å². The van der Waals surface area contributed by atoms with Crippen molar-refractivity contribution < 1.29 is 0 Å². The lowest BCUT2D eigenvalue weighted by Crippen LogP contribution is -2.41. The van der Waals surface area contributed by atoms with Gasteiger partial charge >= 0.3 is 0 Å². The highest BCUT2D eigenvalue weighted by Gasteiger charge is 2.10. The van der Waals surface area contributed by atoms with Gasteiger partial charge in [0.25, 0.3) is 0 Å². The molecule has 0 aromatic rings. The molecule has 0 saturated carbocycles. The fourth-order valence-corrected chi connectivity index (χ4v) is 3.04. The molecule has 0 aromatic heterocycles. The Kier molecular flexibility index (Phi) is 31.3. The molecule has 0 aromatic carbocycles. The molecule has 26 heavy (non-hydrogen) atoms. The summed E-state index contributed by atoms with van der Waals surface area (Å²) in [6.07, 6.45) is 1.29. The summed E-state index contributed by atoms with van der Waals surface area (Å²) in [6, 6.07) is 0. The Morgan fingerprint density at radius 1 is 0.346 bits per heavy atom. The van der Waals surface area contributed by atoms with Gasteiger partial charge in [-0.3, -0.25) is 0 Å². The molecule has 0 spiro atoms. The van der Waals surface area contributed by atoms with Crippen molar-refractivity contribution in [3.05, 3.63) is 0 Å². The van der Waals surface area contributed by atoms with E-state index >= 15 is 0 Å². The molecule has 0 N–H and O–H groups in total. The van der Waals surface area contributed by atoms with Crippen molar-refractivity contribution in [1.82, 2.24) is 19.6 Å². The second kappa shape index (κ2) is 23.7. The molecule has 0 unspecified atom stereocenters. The number of rotatable bonds is 16. The Morgan fingerprint density at radius 2 is 0.577 bits per heavy atom. The maximum absolute atomic E-state index is 2.68. The Morgan fingerprint density at radius 3 is 0.885 bits per heavy atom. The molecule has 4 nitrogen and oxygen atoms in total. The van der Waals surface area contributed by atoms with Crippen LogP contribution in [0.5, 0.6) is 0 Å². The van der Waals surface area contributed by atoms with Crippen molar-refractivity contribution in [2.24, 2.45) is 0 Å². The Hall–Kier alpha value is 0.710. The van der Waals surface area contributed by atoms with Crippen LogP contribution in [0, 0.1) is 0 Å². The van der Waals surface area contributed by atoms with Crippen LogP contribution in [0.25, 0.3) is 0 Å². The van der Waals surface area contributed by atoms with Gasteiger partial charge in [-0.05, 0) is 58.8 Å². The first-order chi connectivity index (χ1) is 11.1. The summed E-state index contributed by atoms with van der Waals surface area (Å²) in [5, 5.41) is 0. The molecule has 0 aliphatic carbocycles. The maximum atomic E-state index is 2.68. The standard InChI is InChI=1S/C19H44N4.3ClH/c1-7-20(8-2)14-13-15-23(18-16-21(9-3)10-4)19-17-22(11-5)12-6;;;/h7-19H2,1-6H3;3*1H. The average molecular weight is 438 g/mol. The molecule has 0 aliphatic heterocycles. The van der Waals surface area contributed by atoms with Crippen LogP contribution in [-0.4, -0.2) is 98.1 Å². The SMILES string of the molecule is CCN(CC)CCCN(CCN(CC)CC)CCN(CC)CC.Cl.Cl.Cl. The van der Waals surface area contributed by atoms with Gasteiger partial charge in [0.05, 0.1) is 0 Å². The lowest BCUT2D eigenvalue weighted by molar-refractivity contribution is 0.176. The zero-order valence-electron chi connectivity index (χ0n) is 18.2. The zero-order chi connectivity index (χ0) is 17.5. The molecular formula is C19H47Cl3N4. The van der Waals surface area contributed by atoms with Crippen LogP contribution in [-0.2, 0) is 0 Å². The van der Waals surface area contributed by atoms with E-state index in [1.54, 1.807) is 0 Å². The van der Waals surface area contributed by atoms with Gasteiger partial charge < -0.3 is 19.6 Å². The van der Waals surface area contributed by atoms with Crippen molar-refractivity contribution in [1.29, 1.82) is 0 Å². The van der Waals surface area contributed by atoms with E-state index < -0.39 is 0 Å². The van der Waals surface area contributed by atoms with Crippen LogP contribution < -0.4 is 0 Å². The second-order valence-electron chi connectivity index (χ2n) is 6.28. The van der Waals surface area contributed by atoms with Gasteiger partial charge in [0, 0.05) is 26.2 Å². The Labute approximate surface area is 183 Å².